The SMILES string of the molecule is O=C(Nc1cc(-c2ccc(F)c(F)c2)no1)c1ccc(F)cc1. The van der Waals surface area contributed by atoms with Gasteiger partial charge in [0.2, 0.25) is 5.88 Å². The molecule has 0 saturated heterocycles. The highest BCUT2D eigenvalue weighted by Crippen LogP contribution is 2.23. The van der Waals surface area contributed by atoms with Crippen molar-refractivity contribution in [1.82, 2.24) is 5.16 Å². The highest BCUT2D eigenvalue weighted by molar-refractivity contribution is 6.03. The summed E-state index contributed by atoms with van der Waals surface area (Å²) in [6.45, 7) is 0. The fourth-order valence-corrected chi connectivity index (χ4v) is 1.91. The number of aromatic nitrogens is 1. The third kappa shape index (κ3) is 3.23. The topological polar surface area (TPSA) is 55.1 Å². The number of hydrogen-bond acceptors (Lipinski definition) is 3. The van der Waals surface area contributed by atoms with Crippen molar-refractivity contribution < 1.29 is 22.5 Å². The van der Waals surface area contributed by atoms with Crippen LogP contribution in [0.2, 0.25) is 0 Å². The molecule has 1 aromatic heterocycles. The second kappa shape index (κ2) is 5.96. The maximum absolute atomic E-state index is 13.2. The fraction of sp³-hybridized carbons (Fsp3) is 0. The van der Waals surface area contributed by atoms with Crippen LogP contribution in [0.3, 0.4) is 0 Å². The van der Waals surface area contributed by atoms with E-state index >= 15 is 0 Å². The van der Waals surface area contributed by atoms with Gasteiger partial charge in [0.1, 0.15) is 11.5 Å². The van der Waals surface area contributed by atoms with Gasteiger partial charge < -0.3 is 4.52 Å². The zero-order valence-corrected chi connectivity index (χ0v) is 11.5. The van der Waals surface area contributed by atoms with E-state index < -0.39 is 23.4 Å². The van der Waals surface area contributed by atoms with Gasteiger partial charge in [0.15, 0.2) is 11.6 Å². The summed E-state index contributed by atoms with van der Waals surface area (Å²) in [5.74, 6) is -2.93. The monoisotopic (exact) mass is 318 g/mol. The minimum Gasteiger partial charge on any atom is -0.338 e. The largest absolute Gasteiger partial charge is 0.338 e. The molecule has 7 heteroatoms. The maximum atomic E-state index is 13.2. The zero-order chi connectivity index (χ0) is 16.4. The van der Waals surface area contributed by atoms with Gasteiger partial charge >= 0.3 is 0 Å². The molecule has 3 rings (SSSR count). The minimum absolute atomic E-state index is 0.0269. The summed E-state index contributed by atoms with van der Waals surface area (Å²) in [5.41, 5.74) is 0.769. The Bertz CT molecular complexity index is 860. The molecule has 3 aromatic rings. The Morgan fingerprint density at radius 3 is 2.39 bits per heavy atom. The minimum atomic E-state index is -1.01. The van der Waals surface area contributed by atoms with Crippen molar-refractivity contribution >= 4 is 11.8 Å². The molecule has 1 amide bonds. The van der Waals surface area contributed by atoms with Crippen molar-refractivity contribution in [2.45, 2.75) is 0 Å². The van der Waals surface area contributed by atoms with Gasteiger partial charge in [-0.25, -0.2) is 13.2 Å². The quantitative estimate of drug-likeness (QED) is 0.794. The first-order chi connectivity index (χ1) is 11.0. The Morgan fingerprint density at radius 1 is 0.957 bits per heavy atom. The van der Waals surface area contributed by atoms with E-state index in [-0.39, 0.29) is 17.1 Å². The lowest BCUT2D eigenvalue weighted by Gasteiger charge is -2.00. The van der Waals surface area contributed by atoms with Crippen molar-refractivity contribution in [3.63, 3.8) is 0 Å². The lowest BCUT2D eigenvalue weighted by Crippen LogP contribution is -2.11. The summed E-state index contributed by atoms with van der Waals surface area (Å²) in [6.07, 6.45) is 0. The molecule has 2 aromatic carbocycles. The Labute approximate surface area is 128 Å². The summed E-state index contributed by atoms with van der Waals surface area (Å²) in [5, 5.41) is 6.11. The molecular weight excluding hydrogens is 309 g/mol. The Kier molecular flexibility index (Phi) is 3.84. The van der Waals surface area contributed by atoms with Gasteiger partial charge in [-0.15, -0.1) is 0 Å². The van der Waals surface area contributed by atoms with Crippen LogP contribution in [0.5, 0.6) is 0 Å². The van der Waals surface area contributed by atoms with Gasteiger partial charge in [-0.2, -0.15) is 0 Å². The van der Waals surface area contributed by atoms with E-state index in [4.69, 9.17) is 4.52 Å². The van der Waals surface area contributed by atoms with Crippen LogP contribution in [-0.4, -0.2) is 11.1 Å². The number of carbonyl (C=O) groups excluding carboxylic acids is 1. The summed E-state index contributed by atoms with van der Waals surface area (Å²) in [6, 6.07) is 9.59. The Balaban J connectivity index is 1.77. The number of nitrogens with zero attached hydrogens (tertiary/aromatic N) is 1. The molecule has 116 valence electrons. The molecule has 1 heterocycles. The van der Waals surface area contributed by atoms with Crippen molar-refractivity contribution in [2.75, 3.05) is 5.32 Å². The van der Waals surface area contributed by atoms with Crippen LogP contribution in [0.4, 0.5) is 19.1 Å². The summed E-state index contributed by atoms with van der Waals surface area (Å²) >= 11 is 0. The Hall–Kier alpha value is -3.09. The lowest BCUT2D eigenvalue weighted by atomic mass is 10.1. The molecule has 4 nitrogen and oxygen atoms in total. The van der Waals surface area contributed by atoms with Crippen LogP contribution in [0.1, 0.15) is 10.4 Å². The lowest BCUT2D eigenvalue weighted by molar-refractivity contribution is 0.102. The van der Waals surface area contributed by atoms with E-state index in [1.54, 1.807) is 0 Å². The number of carbonyl (C=O) groups is 1. The first-order valence-electron chi connectivity index (χ1n) is 6.52. The van der Waals surface area contributed by atoms with E-state index in [9.17, 15) is 18.0 Å². The van der Waals surface area contributed by atoms with Crippen molar-refractivity contribution in [1.29, 1.82) is 0 Å². The van der Waals surface area contributed by atoms with Gasteiger partial charge in [0.25, 0.3) is 5.91 Å². The number of rotatable bonds is 3. The number of amides is 1. The predicted octanol–water partition coefficient (Wildman–Crippen LogP) is 4.01. The van der Waals surface area contributed by atoms with E-state index in [2.05, 4.69) is 10.5 Å². The second-order valence-corrected chi connectivity index (χ2v) is 4.67. The highest BCUT2D eigenvalue weighted by atomic mass is 19.2. The van der Waals surface area contributed by atoms with Crippen molar-refractivity contribution in [2.24, 2.45) is 0 Å². The van der Waals surface area contributed by atoms with Gasteiger partial charge in [-0.05, 0) is 42.5 Å². The van der Waals surface area contributed by atoms with Crippen LogP contribution in [0.25, 0.3) is 11.3 Å². The van der Waals surface area contributed by atoms with Gasteiger partial charge in [0.05, 0.1) is 0 Å². The molecule has 0 radical (unpaired) electrons. The van der Waals surface area contributed by atoms with Crippen molar-refractivity contribution in [3.8, 4) is 11.3 Å². The molecule has 1 N–H and O–H groups in total. The number of nitrogens with one attached hydrogen (secondary N) is 1. The van der Waals surface area contributed by atoms with E-state index in [0.29, 0.717) is 5.56 Å². The standard InChI is InChI=1S/C16H9F3N2O2/c17-11-4-1-9(2-5-11)16(22)20-15-8-14(21-23-15)10-3-6-12(18)13(19)7-10/h1-8H,(H,20,22). The molecule has 0 aliphatic carbocycles. The van der Waals surface area contributed by atoms with Gasteiger partial charge in [-0.3, -0.25) is 10.1 Å². The second-order valence-electron chi connectivity index (χ2n) is 4.67. The number of anilines is 1. The molecule has 0 aliphatic heterocycles. The molecule has 0 saturated carbocycles. The highest BCUT2D eigenvalue weighted by Gasteiger charge is 2.13. The number of hydrogen-bond donors (Lipinski definition) is 1. The Morgan fingerprint density at radius 2 is 1.70 bits per heavy atom. The molecule has 0 atom stereocenters. The van der Waals surface area contributed by atoms with E-state index in [0.717, 1.165) is 24.3 Å². The van der Waals surface area contributed by atoms with E-state index in [1.807, 2.05) is 0 Å². The molecule has 0 bridgehead atoms. The van der Waals surface area contributed by atoms with Crippen LogP contribution >= 0.6 is 0 Å². The average molecular weight is 318 g/mol. The summed E-state index contributed by atoms with van der Waals surface area (Å²) in [7, 11) is 0. The first-order valence-corrected chi connectivity index (χ1v) is 6.52. The molecular formula is C16H9F3N2O2. The fourth-order valence-electron chi connectivity index (χ4n) is 1.91. The molecule has 0 spiro atoms. The van der Waals surface area contributed by atoms with Gasteiger partial charge in [0, 0.05) is 17.2 Å². The molecule has 0 unspecified atom stereocenters. The number of halogens is 3. The summed E-state index contributed by atoms with van der Waals surface area (Å²) < 4.78 is 43.9. The third-order valence-corrected chi connectivity index (χ3v) is 3.07. The normalized spacial score (nSPS) is 10.6. The van der Waals surface area contributed by atoms with Crippen LogP contribution in [0.15, 0.2) is 53.1 Å². The molecule has 0 aliphatic rings. The van der Waals surface area contributed by atoms with Gasteiger partial charge in [-0.1, -0.05) is 5.16 Å². The average Bonchev–Trinajstić information content (AvgIpc) is 2.99. The first kappa shape index (κ1) is 14.8. The van der Waals surface area contributed by atoms with Crippen LogP contribution in [0, 0.1) is 17.5 Å². The number of benzene rings is 2. The van der Waals surface area contributed by atoms with E-state index in [1.165, 1.54) is 24.3 Å². The zero-order valence-electron chi connectivity index (χ0n) is 11.5. The predicted molar refractivity (Wildman–Crippen MR) is 76.2 cm³/mol. The van der Waals surface area contributed by atoms with Crippen molar-refractivity contribution in [3.05, 3.63) is 71.5 Å². The van der Waals surface area contributed by atoms with Crippen LogP contribution < -0.4 is 5.32 Å². The maximum Gasteiger partial charge on any atom is 0.258 e. The third-order valence-electron chi connectivity index (χ3n) is 3.07. The summed E-state index contributed by atoms with van der Waals surface area (Å²) in [4.78, 5) is 11.9. The molecule has 0 fully saturated rings. The van der Waals surface area contributed by atoms with Crippen LogP contribution in [-0.2, 0) is 0 Å². The molecule has 23 heavy (non-hydrogen) atoms. The smallest absolute Gasteiger partial charge is 0.258 e.